The standard InChI is InChI=1S/C48H31N3/c1-2-14-32(15-3-1)35-16-4-9-21-42(35)51-46-25-13-8-20-39(46)41-31-34(27-29-48(41)51)50-45-24-12-7-19-38(45)40-30-33(26-28-47(40)50)49-43-22-10-5-17-36(43)37-18-6-11-23-44(37)49/h1-31H/i1D,2D,3D,4D,5D,6D,7D,8D,9D,10D,11D,12D,13D,14D,15D,16D,17D,18D,19D,20D,21D,22D,23D,24D,25D,26D,27D,28D,29D,31D. The monoisotopic (exact) mass is 679 g/mol. The largest absolute Gasteiger partial charge is 0.309 e. The highest BCUT2D eigenvalue weighted by Gasteiger charge is 2.19. The van der Waals surface area contributed by atoms with Crippen LogP contribution in [0, 0.1) is 0 Å². The fraction of sp³-hybridized carbons (Fsp3) is 0. The summed E-state index contributed by atoms with van der Waals surface area (Å²) in [6.45, 7) is 0. The molecule has 51 heavy (non-hydrogen) atoms. The van der Waals surface area contributed by atoms with Crippen LogP contribution >= 0.6 is 0 Å². The van der Waals surface area contributed by atoms with Crippen molar-refractivity contribution in [3.8, 4) is 28.2 Å². The van der Waals surface area contributed by atoms with Crippen molar-refractivity contribution in [1.82, 2.24) is 13.7 Å². The lowest BCUT2D eigenvalue weighted by Gasteiger charge is -2.14. The maximum atomic E-state index is 10.1. The van der Waals surface area contributed by atoms with Gasteiger partial charge in [-0.15, -0.1) is 0 Å². The number of fused-ring (bicyclic) bond motifs is 9. The zero-order chi connectivity index (χ0) is 59.6. The van der Waals surface area contributed by atoms with Gasteiger partial charge in [0.15, 0.2) is 0 Å². The van der Waals surface area contributed by atoms with Crippen LogP contribution in [0.4, 0.5) is 0 Å². The summed E-state index contributed by atoms with van der Waals surface area (Å²) in [5.74, 6) is 0. The molecule has 3 nitrogen and oxygen atoms in total. The highest BCUT2D eigenvalue weighted by molar-refractivity contribution is 6.14. The summed E-state index contributed by atoms with van der Waals surface area (Å²) < 4.78 is 273. The Kier molecular flexibility index (Phi) is 2.47. The summed E-state index contributed by atoms with van der Waals surface area (Å²) in [7, 11) is 0. The molecule has 3 heterocycles. The van der Waals surface area contributed by atoms with Crippen molar-refractivity contribution in [3.63, 3.8) is 0 Å². The highest BCUT2D eigenvalue weighted by atomic mass is 15.0. The normalized spacial score (nSPS) is 20.2. The van der Waals surface area contributed by atoms with Gasteiger partial charge in [0.05, 0.1) is 79.9 Å². The van der Waals surface area contributed by atoms with E-state index in [-0.39, 0.29) is 5.39 Å². The fourth-order valence-corrected chi connectivity index (χ4v) is 6.45. The van der Waals surface area contributed by atoms with E-state index in [4.69, 9.17) is 27.4 Å². The minimum atomic E-state index is -1.08. The number of hydrogen-bond acceptors (Lipinski definition) is 0. The van der Waals surface area contributed by atoms with Crippen molar-refractivity contribution in [3.05, 3.63) is 187 Å². The van der Waals surface area contributed by atoms with Gasteiger partial charge in [0, 0.05) is 49.3 Å². The second-order valence-corrected chi connectivity index (χ2v) is 11.1. The molecule has 8 aromatic carbocycles. The van der Waals surface area contributed by atoms with Crippen LogP contribution in [0.25, 0.3) is 93.6 Å². The highest BCUT2D eigenvalue weighted by Crippen LogP contribution is 2.40. The zero-order valence-electron chi connectivity index (χ0n) is 55.4. The van der Waals surface area contributed by atoms with Gasteiger partial charge < -0.3 is 13.7 Å². The fourth-order valence-electron chi connectivity index (χ4n) is 6.45. The first kappa shape index (κ1) is 11.6. The Morgan fingerprint density at radius 3 is 1.39 bits per heavy atom. The number of rotatable bonds is 4. The number of para-hydroxylation sites is 5. The lowest BCUT2D eigenvalue weighted by molar-refractivity contribution is 1.16. The molecule has 0 unspecified atom stereocenters. The predicted molar refractivity (Wildman–Crippen MR) is 215 cm³/mol. The number of aromatic nitrogens is 3. The number of hydrogen-bond donors (Lipinski definition) is 0. The first-order chi connectivity index (χ1) is 37.8. The van der Waals surface area contributed by atoms with Crippen molar-refractivity contribution >= 4 is 65.4 Å². The lowest BCUT2D eigenvalue weighted by atomic mass is 10.0. The van der Waals surface area contributed by atoms with Crippen molar-refractivity contribution in [1.29, 1.82) is 0 Å². The van der Waals surface area contributed by atoms with E-state index < -0.39 is 269 Å². The third-order valence-electron chi connectivity index (χ3n) is 8.51. The van der Waals surface area contributed by atoms with Gasteiger partial charge in [-0.3, -0.25) is 0 Å². The van der Waals surface area contributed by atoms with Gasteiger partial charge in [-0.1, -0.05) is 121 Å². The molecule has 0 aliphatic heterocycles. The second-order valence-electron chi connectivity index (χ2n) is 11.1. The molecule has 0 amide bonds. The maximum absolute atomic E-state index is 10.1. The second kappa shape index (κ2) is 10.8. The molecule has 0 fully saturated rings. The van der Waals surface area contributed by atoms with E-state index in [9.17, 15) is 13.7 Å². The van der Waals surface area contributed by atoms with E-state index in [1.165, 1.54) is 0 Å². The van der Waals surface area contributed by atoms with Gasteiger partial charge in [0.1, 0.15) is 0 Å². The summed E-state index contributed by atoms with van der Waals surface area (Å²) >= 11 is 0. The Morgan fingerprint density at radius 1 is 0.314 bits per heavy atom. The predicted octanol–water partition coefficient (Wildman–Crippen LogP) is 12.6. The third-order valence-corrected chi connectivity index (χ3v) is 8.51. The molecule has 3 heteroatoms. The van der Waals surface area contributed by atoms with Crippen LogP contribution in [0.15, 0.2) is 187 Å². The van der Waals surface area contributed by atoms with Gasteiger partial charge in [-0.05, 0) is 72.1 Å². The molecule has 0 radical (unpaired) electrons. The van der Waals surface area contributed by atoms with Crippen molar-refractivity contribution in [2.24, 2.45) is 0 Å². The molecular weight excluding hydrogens is 619 g/mol. The molecule has 11 rings (SSSR count). The first-order valence-corrected chi connectivity index (χ1v) is 15.1. The summed E-state index contributed by atoms with van der Waals surface area (Å²) in [6, 6.07) is -26.3. The van der Waals surface area contributed by atoms with Gasteiger partial charge >= 0.3 is 0 Å². The third kappa shape index (κ3) is 4.06. The van der Waals surface area contributed by atoms with Crippen LogP contribution in [0.3, 0.4) is 0 Å². The molecule has 0 aliphatic rings. The van der Waals surface area contributed by atoms with Crippen LogP contribution < -0.4 is 0 Å². The summed E-state index contributed by atoms with van der Waals surface area (Å²) in [4.78, 5) is 0. The Bertz CT molecular complexity index is 4770. The van der Waals surface area contributed by atoms with Crippen molar-refractivity contribution in [2.75, 3.05) is 0 Å². The quantitative estimate of drug-likeness (QED) is 0.176. The molecule has 0 saturated carbocycles. The van der Waals surface area contributed by atoms with E-state index in [2.05, 4.69) is 0 Å². The molecule has 3 aromatic heterocycles. The van der Waals surface area contributed by atoms with Crippen LogP contribution in [-0.2, 0) is 0 Å². The average Bonchev–Trinajstić information content (AvgIpc) is 4.23. The van der Waals surface area contributed by atoms with E-state index in [0.717, 1.165) is 15.2 Å². The van der Waals surface area contributed by atoms with Crippen LogP contribution in [0.1, 0.15) is 41.1 Å². The Balaban J connectivity index is 1.38. The number of benzene rings is 8. The van der Waals surface area contributed by atoms with Crippen molar-refractivity contribution < 1.29 is 41.1 Å². The van der Waals surface area contributed by atoms with E-state index in [1.807, 2.05) is 0 Å². The Labute approximate surface area is 336 Å². The SMILES string of the molecule is [2H]c1c([2H])c([2H])c(-c2c([2H])c([2H])c([2H])c([2H])c2-n2c3c([2H])c([2H])c([2H])c([2H])c3c3c([2H])c(-n4c5c([2H])c([2H])c(-n6c7c([2H])c([2H])c([2H])c([2H])c7c7c([2H])c([2H])c([2H])c([2H])c76)cc5c5c([2H])c([2H])c([2H])c([2H])c54)c([2H])c([2H])c32)c([2H])c1[2H]. The van der Waals surface area contributed by atoms with Crippen molar-refractivity contribution in [2.45, 2.75) is 0 Å². The van der Waals surface area contributed by atoms with Gasteiger partial charge in [0.2, 0.25) is 0 Å². The molecule has 0 N–H and O–H groups in total. The Morgan fingerprint density at radius 2 is 0.745 bits per heavy atom. The molecule has 0 spiro atoms. The Hall–Kier alpha value is -6.84. The minimum absolute atomic E-state index is 0.386. The molecule has 0 aliphatic carbocycles. The average molecular weight is 680 g/mol. The van der Waals surface area contributed by atoms with E-state index in [1.54, 1.807) is 0 Å². The van der Waals surface area contributed by atoms with Crippen LogP contribution in [0.2, 0.25) is 0 Å². The first-order valence-electron chi connectivity index (χ1n) is 30.1. The summed E-state index contributed by atoms with van der Waals surface area (Å²) in [5.41, 5.74) is -7.45. The molecular formula is C48H31N3. The van der Waals surface area contributed by atoms with E-state index in [0.29, 0.717) is 4.57 Å². The molecule has 0 bridgehead atoms. The van der Waals surface area contributed by atoms with Crippen LogP contribution in [0.5, 0.6) is 0 Å². The van der Waals surface area contributed by atoms with E-state index >= 15 is 0 Å². The molecule has 0 saturated heterocycles. The summed E-state index contributed by atoms with van der Waals surface area (Å²) in [6.07, 6.45) is 0. The number of nitrogens with zero attached hydrogens (tertiary/aromatic N) is 3. The molecule has 0 atom stereocenters. The zero-order valence-corrected chi connectivity index (χ0v) is 25.4. The molecule has 11 aromatic rings. The molecule has 238 valence electrons. The topological polar surface area (TPSA) is 14.8 Å². The van der Waals surface area contributed by atoms with Gasteiger partial charge in [-0.25, -0.2) is 0 Å². The maximum Gasteiger partial charge on any atom is 0.0652 e. The van der Waals surface area contributed by atoms with Gasteiger partial charge in [0.25, 0.3) is 0 Å². The summed E-state index contributed by atoms with van der Waals surface area (Å²) in [5, 5.41) is -3.00. The lowest BCUT2D eigenvalue weighted by Crippen LogP contribution is -1.98. The van der Waals surface area contributed by atoms with Gasteiger partial charge in [-0.2, -0.15) is 0 Å². The minimum Gasteiger partial charge on any atom is -0.309 e. The van der Waals surface area contributed by atoms with Crippen LogP contribution in [-0.4, -0.2) is 13.7 Å². The smallest absolute Gasteiger partial charge is 0.0652 e.